The smallest absolute Gasteiger partial charge is 0.317 e. The minimum Gasteiger partial charge on any atom is -0.335 e. The summed E-state index contributed by atoms with van der Waals surface area (Å²) in [6, 6.07) is 9.23. The van der Waals surface area contributed by atoms with Crippen LogP contribution in [0.1, 0.15) is 55.7 Å². The molecule has 2 aliphatic carbocycles. The largest absolute Gasteiger partial charge is 0.335 e. The zero-order valence-electron chi connectivity index (χ0n) is 12.3. The van der Waals surface area contributed by atoms with Crippen LogP contribution in [0.25, 0.3) is 0 Å². The predicted molar refractivity (Wildman–Crippen MR) is 80.7 cm³/mol. The van der Waals surface area contributed by atoms with Crippen LogP contribution >= 0.6 is 0 Å². The minimum absolute atomic E-state index is 0.0959. The predicted octanol–water partition coefficient (Wildman–Crippen LogP) is 3.65. The van der Waals surface area contributed by atoms with Crippen LogP contribution in [0.2, 0.25) is 0 Å². The van der Waals surface area contributed by atoms with Crippen molar-refractivity contribution in [2.45, 2.75) is 57.0 Å². The van der Waals surface area contributed by atoms with Crippen molar-refractivity contribution >= 4 is 6.03 Å². The first-order valence-electron chi connectivity index (χ1n) is 7.87. The lowest BCUT2D eigenvalue weighted by atomic mass is 9.96. The van der Waals surface area contributed by atoms with Gasteiger partial charge in [0.25, 0.3) is 0 Å². The van der Waals surface area contributed by atoms with Crippen molar-refractivity contribution in [3.05, 3.63) is 35.4 Å². The van der Waals surface area contributed by atoms with Gasteiger partial charge in [-0.25, -0.2) is 4.79 Å². The van der Waals surface area contributed by atoms with Gasteiger partial charge in [0.2, 0.25) is 0 Å². The summed E-state index contributed by atoms with van der Waals surface area (Å²) in [4.78, 5) is 14.3. The first kappa shape index (κ1) is 13.5. The number of urea groups is 1. The number of hydrogen-bond acceptors (Lipinski definition) is 1. The number of nitrogens with one attached hydrogen (secondary N) is 1. The molecular formula is C17H24N2O. The Morgan fingerprint density at radius 1 is 1.15 bits per heavy atom. The van der Waals surface area contributed by atoms with Gasteiger partial charge in [0.15, 0.2) is 0 Å². The Bertz CT molecular complexity index is 480. The van der Waals surface area contributed by atoms with E-state index < -0.39 is 0 Å². The average molecular weight is 272 g/mol. The highest BCUT2D eigenvalue weighted by molar-refractivity contribution is 5.75. The quantitative estimate of drug-likeness (QED) is 0.875. The van der Waals surface area contributed by atoms with Crippen molar-refractivity contribution < 1.29 is 4.79 Å². The summed E-state index contributed by atoms with van der Waals surface area (Å²) in [5.74, 6) is 0. The summed E-state index contributed by atoms with van der Waals surface area (Å²) in [7, 11) is 1.94. The SMILES string of the molecule is CN(C(=O)NC1CCCCC1)C1CCc2ccccc21. The maximum Gasteiger partial charge on any atom is 0.317 e. The van der Waals surface area contributed by atoms with Crippen molar-refractivity contribution in [3.63, 3.8) is 0 Å². The molecular weight excluding hydrogens is 248 g/mol. The molecule has 1 saturated carbocycles. The molecule has 3 rings (SSSR count). The molecule has 1 unspecified atom stereocenters. The summed E-state index contributed by atoms with van der Waals surface area (Å²) in [5, 5.41) is 3.21. The molecule has 20 heavy (non-hydrogen) atoms. The van der Waals surface area contributed by atoms with Gasteiger partial charge in [-0.2, -0.15) is 0 Å². The highest BCUT2D eigenvalue weighted by Gasteiger charge is 2.29. The maximum atomic E-state index is 12.4. The maximum absolute atomic E-state index is 12.4. The monoisotopic (exact) mass is 272 g/mol. The second-order valence-corrected chi connectivity index (χ2v) is 6.15. The molecule has 0 aromatic heterocycles. The van der Waals surface area contributed by atoms with E-state index >= 15 is 0 Å². The third kappa shape index (κ3) is 2.67. The van der Waals surface area contributed by atoms with Crippen LogP contribution in [-0.2, 0) is 6.42 Å². The van der Waals surface area contributed by atoms with E-state index in [2.05, 4.69) is 29.6 Å². The third-order valence-corrected chi connectivity index (χ3v) is 4.82. The van der Waals surface area contributed by atoms with Crippen LogP contribution in [0.15, 0.2) is 24.3 Å². The Morgan fingerprint density at radius 2 is 1.90 bits per heavy atom. The van der Waals surface area contributed by atoms with Crippen molar-refractivity contribution in [1.29, 1.82) is 0 Å². The summed E-state index contributed by atoms with van der Waals surface area (Å²) in [6.45, 7) is 0. The van der Waals surface area contributed by atoms with Crippen LogP contribution in [0.3, 0.4) is 0 Å². The van der Waals surface area contributed by atoms with Gasteiger partial charge in [-0.15, -0.1) is 0 Å². The summed E-state index contributed by atoms with van der Waals surface area (Å²) < 4.78 is 0. The lowest BCUT2D eigenvalue weighted by molar-refractivity contribution is 0.182. The molecule has 108 valence electrons. The van der Waals surface area contributed by atoms with E-state index in [9.17, 15) is 4.79 Å². The number of carbonyl (C=O) groups is 1. The molecule has 1 aromatic rings. The molecule has 2 aliphatic rings. The molecule has 0 spiro atoms. The van der Waals surface area contributed by atoms with Crippen LogP contribution in [-0.4, -0.2) is 24.0 Å². The third-order valence-electron chi connectivity index (χ3n) is 4.82. The number of fused-ring (bicyclic) bond motifs is 1. The van der Waals surface area contributed by atoms with Crippen molar-refractivity contribution in [2.24, 2.45) is 0 Å². The summed E-state index contributed by atoms with van der Waals surface area (Å²) >= 11 is 0. The van der Waals surface area contributed by atoms with Crippen LogP contribution in [0.4, 0.5) is 4.79 Å². The minimum atomic E-state index is 0.0959. The van der Waals surface area contributed by atoms with Crippen molar-refractivity contribution in [1.82, 2.24) is 10.2 Å². The van der Waals surface area contributed by atoms with Crippen LogP contribution in [0, 0.1) is 0 Å². The molecule has 2 amide bonds. The van der Waals surface area contributed by atoms with Crippen LogP contribution in [0.5, 0.6) is 0 Å². The molecule has 1 N–H and O–H groups in total. The van der Waals surface area contributed by atoms with E-state index in [4.69, 9.17) is 0 Å². The van der Waals surface area contributed by atoms with Gasteiger partial charge in [-0.3, -0.25) is 0 Å². The topological polar surface area (TPSA) is 32.3 Å². The second-order valence-electron chi connectivity index (χ2n) is 6.15. The Hall–Kier alpha value is -1.51. The molecule has 0 heterocycles. The van der Waals surface area contributed by atoms with Gasteiger partial charge < -0.3 is 10.2 Å². The van der Waals surface area contributed by atoms with Gasteiger partial charge in [-0.1, -0.05) is 43.5 Å². The van der Waals surface area contributed by atoms with Gasteiger partial charge >= 0.3 is 6.03 Å². The Labute approximate surface area is 121 Å². The standard InChI is InChI=1S/C17H24N2O/c1-19(17(20)18-14-8-3-2-4-9-14)16-12-11-13-7-5-6-10-15(13)16/h5-7,10,14,16H,2-4,8-9,11-12H2,1H3,(H,18,20). The van der Waals surface area contributed by atoms with E-state index in [0.717, 1.165) is 25.7 Å². The van der Waals surface area contributed by atoms with E-state index in [1.54, 1.807) is 0 Å². The number of benzene rings is 1. The number of carbonyl (C=O) groups excluding carboxylic acids is 1. The Morgan fingerprint density at radius 3 is 2.70 bits per heavy atom. The molecule has 0 saturated heterocycles. The highest BCUT2D eigenvalue weighted by Crippen LogP contribution is 2.34. The van der Waals surface area contributed by atoms with Gasteiger partial charge in [0.05, 0.1) is 6.04 Å². The number of nitrogens with zero attached hydrogens (tertiary/aromatic N) is 1. The molecule has 3 nitrogen and oxygen atoms in total. The first-order chi connectivity index (χ1) is 9.75. The molecule has 0 radical (unpaired) electrons. The van der Waals surface area contributed by atoms with Gasteiger partial charge in [0, 0.05) is 13.1 Å². The van der Waals surface area contributed by atoms with E-state index in [1.165, 1.54) is 30.4 Å². The first-order valence-corrected chi connectivity index (χ1v) is 7.87. The number of aryl methyl sites for hydroxylation is 1. The molecule has 3 heteroatoms. The molecule has 1 aromatic carbocycles. The fourth-order valence-electron chi connectivity index (χ4n) is 3.60. The molecule has 1 atom stereocenters. The fourth-order valence-corrected chi connectivity index (χ4v) is 3.60. The molecule has 0 bridgehead atoms. The number of amides is 2. The average Bonchev–Trinajstić information content (AvgIpc) is 2.91. The van der Waals surface area contributed by atoms with E-state index in [-0.39, 0.29) is 12.1 Å². The van der Waals surface area contributed by atoms with Crippen LogP contribution < -0.4 is 5.32 Å². The second kappa shape index (κ2) is 5.86. The zero-order valence-corrected chi connectivity index (χ0v) is 12.3. The lowest BCUT2D eigenvalue weighted by Crippen LogP contribution is -2.44. The highest BCUT2D eigenvalue weighted by atomic mass is 16.2. The normalized spacial score (nSPS) is 22.4. The van der Waals surface area contributed by atoms with Crippen molar-refractivity contribution in [3.8, 4) is 0 Å². The fraction of sp³-hybridized carbons (Fsp3) is 0.588. The number of rotatable bonds is 2. The molecule has 1 fully saturated rings. The summed E-state index contributed by atoms with van der Waals surface area (Å²) in [6.07, 6.45) is 8.23. The van der Waals surface area contributed by atoms with E-state index in [0.29, 0.717) is 6.04 Å². The van der Waals surface area contributed by atoms with Gasteiger partial charge in [0.1, 0.15) is 0 Å². The Kier molecular flexibility index (Phi) is 3.95. The lowest BCUT2D eigenvalue weighted by Gasteiger charge is -2.30. The zero-order chi connectivity index (χ0) is 13.9. The molecule has 0 aliphatic heterocycles. The van der Waals surface area contributed by atoms with E-state index in [1.807, 2.05) is 11.9 Å². The number of hydrogen-bond donors (Lipinski definition) is 1. The Balaban J connectivity index is 1.64. The van der Waals surface area contributed by atoms with Crippen molar-refractivity contribution in [2.75, 3.05) is 7.05 Å². The summed E-state index contributed by atoms with van der Waals surface area (Å²) in [5.41, 5.74) is 2.73. The van der Waals surface area contributed by atoms with Gasteiger partial charge in [-0.05, 0) is 36.8 Å².